The third kappa shape index (κ3) is 14.1. The Hall–Kier alpha value is -3.20. The molecule has 0 aromatic carbocycles. The van der Waals surface area contributed by atoms with E-state index in [4.69, 9.17) is 14.6 Å². The zero-order valence-corrected chi connectivity index (χ0v) is 24.4. The Morgan fingerprint density at radius 2 is 1.43 bits per heavy atom. The third-order valence-corrected chi connectivity index (χ3v) is 6.19. The molecule has 2 rings (SSSR count). The predicted octanol–water partition coefficient (Wildman–Crippen LogP) is 1.23. The molecule has 0 unspecified atom stereocenters. The maximum atomic E-state index is 11.6. The summed E-state index contributed by atoms with van der Waals surface area (Å²) >= 11 is 4.57. The highest BCUT2D eigenvalue weighted by Crippen LogP contribution is 2.12. The van der Waals surface area contributed by atoms with E-state index in [2.05, 4.69) is 32.3 Å². The van der Waals surface area contributed by atoms with Gasteiger partial charge in [0.1, 0.15) is 11.4 Å². The lowest BCUT2D eigenvalue weighted by molar-refractivity contribution is 0.0268. The fraction of sp³-hybridized carbons (Fsp3) is 0.536. The summed E-state index contributed by atoms with van der Waals surface area (Å²) in [4.78, 5) is 38.8. The van der Waals surface area contributed by atoms with Crippen LogP contribution in [0.5, 0.6) is 0 Å². The number of aryl methyl sites for hydroxylation is 1. The molecule has 0 saturated carbocycles. The van der Waals surface area contributed by atoms with Crippen molar-refractivity contribution in [1.82, 2.24) is 19.8 Å². The number of isothiocyanates is 1. The van der Waals surface area contributed by atoms with E-state index < -0.39 is 11.9 Å². The number of aliphatic hydroxyl groups is 2. The molecular weight excluding hydrogens is 566 g/mol. The molecule has 4 N–H and O–H groups in total. The molecular formula is C28H39N5O8S. The van der Waals surface area contributed by atoms with Crippen molar-refractivity contribution >= 4 is 29.3 Å². The maximum absolute atomic E-state index is 11.6. The van der Waals surface area contributed by atoms with Crippen molar-refractivity contribution in [2.75, 3.05) is 72.4 Å². The monoisotopic (exact) mass is 605 g/mol. The van der Waals surface area contributed by atoms with Crippen molar-refractivity contribution in [3.63, 3.8) is 0 Å². The molecule has 42 heavy (non-hydrogen) atoms. The molecule has 0 spiro atoms. The number of hydrogen-bond donors (Lipinski definition) is 4. The second-order valence-corrected chi connectivity index (χ2v) is 9.46. The van der Waals surface area contributed by atoms with Crippen LogP contribution in [0.1, 0.15) is 44.3 Å². The number of aliphatic hydroxyl groups excluding tert-OH is 2. The van der Waals surface area contributed by atoms with E-state index >= 15 is 0 Å². The summed E-state index contributed by atoms with van der Waals surface area (Å²) in [6.07, 6.45) is 1.34. The van der Waals surface area contributed by atoms with E-state index in [0.29, 0.717) is 96.5 Å². The average Bonchev–Trinajstić information content (AvgIpc) is 2.96. The Labute approximate surface area is 250 Å². The lowest BCUT2D eigenvalue weighted by atomic mass is 10.1. The number of hydrogen-bond acceptors (Lipinski definition) is 12. The minimum atomic E-state index is -1.10. The van der Waals surface area contributed by atoms with Gasteiger partial charge in [-0.2, -0.15) is 0 Å². The van der Waals surface area contributed by atoms with Crippen LogP contribution < -0.4 is 0 Å². The summed E-state index contributed by atoms with van der Waals surface area (Å²) in [6.45, 7) is 4.44. The second-order valence-electron chi connectivity index (χ2n) is 9.28. The van der Waals surface area contributed by atoms with Gasteiger partial charge in [0.25, 0.3) is 0 Å². The van der Waals surface area contributed by atoms with E-state index in [-0.39, 0.29) is 24.6 Å². The van der Waals surface area contributed by atoms with Crippen LogP contribution in [0.2, 0.25) is 0 Å². The molecule has 0 saturated heterocycles. The normalized spacial score (nSPS) is 11.1. The van der Waals surface area contributed by atoms with Crippen molar-refractivity contribution in [1.29, 1.82) is 0 Å². The van der Waals surface area contributed by atoms with E-state index in [9.17, 15) is 24.9 Å². The van der Waals surface area contributed by atoms with Crippen LogP contribution in [0, 0.1) is 0 Å². The number of carboxylic acid groups (broad SMARTS) is 2. The van der Waals surface area contributed by atoms with Crippen molar-refractivity contribution in [3.05, 3.63) is 58.7 Å². The van der Waals surface area contributed by atoms with Crippen LogP contribution in [0.15, 0.2) is 35.3 Å². The molecule has 230 valence electrons. The largest absolute Gasteiger partial charge is 0.477 e. The van der Waals surface area contributed by atoms with Crippen LogP contribution in [-0.4, -0.2) is 130 Å². The van der Waals surface area contributed by atoms with Gasteiger partial charge in [0.15, 0.2) is 0 Å². The first-order valence-corrected chi connectivity index (χ1v) is 14.0. The number of thiocarbonyl (C=S) groups is 1. The Balaban J connectivity index is 1.75. The van der Waals surface area contributed by atoms with Gasteiger partial charge >= 0.3 is 11.9 Å². The SMILES string of the molecule is O=C(O)c1cccc(CN(CCO)CCOCCOCCN(CCO)Cc2cc(CCCN=C=S)cc(C(=O)O)n2)n1. The number of nitrogens with zero attached hydrogens (tertiary/aromatic N) is 5. The first-order valence-electron chi connectivity index (χ1n) is 13.6. The minimum absolute atomic E-state index is 0.0264. The highest BCUT2D eigenvalue weighted by molar-refractivity contribution is 7.78. The van der Waals surface area contributed by atoms with Crippen LogP contribution in [0.4, 0.5) is 0 Å². The zero-order chi connectivity index (χ0) is 30.6. The molecule has 0 aliphatic rings. The van der Waals surface area contributed by atoms with E-state index in [1.807, 2.05) is 15.9 Å². The first kappa shape index (κ1) is 35.0. The zero-order valence-electron chi connectivity index (χ0n) is 23.6. The molecule has 0 atom stereocenters. The van der Waals surface area contributed by atoms with E-state index in [1.165, 1.54) is 6.07 Å². The number of ether oxygens (including phenoxy) is 2. The topological polar surface area (TPSA) is 178 Å². The summed E-state index contributed by atoms with van der Waals surface area (Å²) in [7, 11) is 0. The van der Waals surface area contributed by atoms with Gasteiger partial charge in [0, 0.05) is 45.8 Å². The van der Waals surface area contributed by atoms with Crippen molar-refractivity contribution < 1.29 is 39.5 Å². The molecule has 0 fully saturated rings. The van der Waals surface area contributed by atoms with Gasteiger partial charge in [-0.05, 0) is 54.9 Å². The number of pyridine rings is 2. The summed E-state index contributed by atoms with van der Waals surface area (Å²) in [5.74, 6) is -2.19. The molecule has 0 amide bonds. The summed E-state index contributed by atoms with van der Waals surface area (Å²) in [5.41, 5.74) is 1.98. The second kappa shape index (κ2) is 20.6. The minimum Gasteiger partial charge on any atom is -0.477 e. The Morgan fingerprint density at radius 1 is 0.833 bits per heavy atom. The highest BCUT2D eigenvalue weighted by atomic mass is 32.1. The number of aromatic carboxylic acids is 2. The Bertz CT molecular complexity index is 1160. The van der Waals surface area contributed by atoms with E-state index in [1.54, 1.807) is 18.2 Å². The Morgan fingerprint density at radius 3 is 2.00 bits per heavy atom. The molecule has 14 heteroatoms. The number of aliphatic imine (C=N–C) groups is 1. The predicted molar refractivity (Wildman–Crippen MR) is 157 cm³/mol. The first-order chi connectivity index (χ1) is 20.4. The van der Waals surface area contributed by atoms with Crippen LogP contribution in [0.25, 0.3) is 0 Å². The summed E-state index contributed by atoms with van der Waals surface area (Å²) in [5, 5.41) is 39.8. The van der Waals surface area contributed by atoms with Crippen molar-refractivity contribution in [2.24, 2.45) is 4.99 Å². The molecule has 0 aliphatic carbocycles. The molecule has 0 bridgehead atoms. The summed E-state index contributed by atoms with van der Waals surface area (Å²) < 4.78 is 11.3. The summed E-state index contributed by atoms with van der Waals surface area (Å²) in [6, 6.07) is 8.24. The number of aromatic nitrogens is 2. The van der Waals surface area contributed by atoms with Gasteiger partial charge in [0.05, 0.1) is 56.2 Å². The quantitative estimate of drug-likeness (QED) is 0.0808. The van der Waals surface area contributed by atoms with Gasteiger partial charge in [-0.15, -0.1) is 0 Å². The molecule has 2 heterocycles. The number of rotatable bonds is 23. The van der Waals surface area contributed by atoms with Gasteiger partial charge < -0.3 is 29.9 Å². The van der Waals surface area contributed by atoms with Crippen LogP contribution in [-0.2, 0) is 29.0 Å². The van der Waals surface area contributed by atoms with Gasteiger partial charge in [0.2, 0.25) is 0 Å². The van der Waals surface area contributed by atoms with Crippen molar-refractivity contribution in [3.8, 4) is 0 Å². The van der Waals surface area contributed by atoms with Crippen molar-refractivity contribution in [2.45, 2.75) is 25.9 Å². The van der Waals surface area contributed by atoms with Crippen LogP contribution in [0.3, 0.4) is 0 Å². The smallest absolute Gasteiger partial charge is 0.354 e. The number of carboxylic acids is 2. The van der Waals surface area contributed by atoms with Crippen LogP contribution >= 0.6 is 12.2 Å². The fourth-order valence-corrected chi connectivity index (χ4v) is 4.16. The lowest BCUT2D eigenvalue weighted by Gasteiger charge is -2.22. The molecule has 0 radical (unpaired) electrons. The van der Waals surface area contributed by atoms with Gasteiger partial charge in [-0.25, -0.2) is 24.5 Å². The Kier molecular flexibility index (Phi) is 17.2. The molecule has 2 aromatic heterocycles. The maximum Gasteiger partial charge on any atom is 0.354 e. The van der Waals surface area contributed by atoms with E-state index in [0.717, 1.165) is 5.56 Å². The fourth-order valence-electron chi connectivity index (χ4n) is 4.07. The third-order valence-electron chi connectivity index (χ3n) is 6.06. The lowest BCUT2D eigenvalue weighted by Crippen LogP contribution is -2.31. The average molecular weight is 606 g/mol. The van der Waals surface area contributed by atoms with Gasteiger partial charge in [-0.1, -0.05) is 6.07 Å². The molecule has 13 nitrogen and oxygen atoms in total. The molecule has 0 aliphatic heterocycles. The molecule has 2 aromatic rings. The number of carbonyl (C=O) groups is 2. The standard InChI is InChI=1S/C28H39N5O8S/c34-11-7-32(19-23-4-1-5-25(30-23)27(36)37)9-13-40-15-16-41-14-10-33(8-12-35)20-24-17-22(3-2-6-29-21-42)18-26(31-24)28(38)39/h1,4-5,17-18,34-35H,2-3,6-16,19-20H2,(H,36,37)(H,38,39). The van der Waals surface area contributed by atoms with Gasteiger partial charge in [-0.3, -0.25) is 9.80 Å². The highest BCUT2D eigenvalue weighted by Gasteiger charge is 2.13.